The highest BCUT2D eigenvalue weighted by Crippen LogP contribution is 2.26. The number of thioether (sulfide) groups is 1. The Kier molecular flexibility index (Phi) is 5.47. The number of hydrogen-bond donors (Lipinski definition) is 1. The van der Waals surface area contributed by atoms with Gasteiger partial charge in [0.15, 0.2) is 0 Å². The van der Waals surface area contributed by atoms with Crippen LogP contribution in [0.4, 0.5) is 5.69 Å². The van der Waals surface area contributed by atoms with Crippen LogP contribution in [0, 0.1) is 0 Å². The molecule has 0 aliphatic carbocycles. The molecule has 5 heteroatoms. The molecule has 20 heavy (non-hydrogen) atoms. The summed E-state index contributed by atoms with van der Waals surface area (Å²) in [7, 11) is 0. The average molecular weight is 292 g/mol. The number of carbonyl (C=O) groups excluding carboxylic acids is 2. The summed E-state index contributed by atoms with van der Waals surface area (Å²) in [6.07, 6.45) is 2.49. The Labute approximate surface area is 123 Å². The van der Waals surface area contributed by atoms with Gasteiger partial charge in [-0.1, -0.05) is 19.1 Å². The monoisotopic (exact) mass is 292 g/mol. The van der Waals surface area contributed by atoms with Gasteiger partial charge >= 0.3 is 0 Å². The third-order valence-corrected chi connectivity index (χ3v) is 4.17. The maximum Gasteiger partial charge on any atom is 0.244 e. The molecule has 1 aliphatic heterocycles. The Morgan fingerprint density at radius 1 is 1.35 bits per heavy atom. The molecule has 1 aromatic carbocycles. The van der Waals surface area contributed by atoms with Gasteiger partial charge in [0.1, 0.15) is 0 Å². The minimum absolute atomic E-state index is 0.0858. The van der Waals surface area contributed by atoms with Gasteiger partial charge in [-0.05, 0) is 30.7 Å². The highest BCUT2D eigenvalue weighted by Gasteiger charge is 2.20. The number of piperidine rings is 1. The van der Waals surface area contributed by atoms with Crippen LogP contribution in [0.25, 0.3) is 0 Å². The third-order valence-electron chi connectivity index (χ3n) is 3.22. The van der Waals surface area contributed by atoms with Crippen LogP contribution in [0.15, 0.2) is 29.2 Å². The second-order valence-electron chi connectivity index (χ2n) is 4.75. The minimum Gasteiger partial charge on any atom is -0.333 e. The second-order valence-corrected chi connectivity index (χ2v) is 6.06. The summed E-state index contributed by atoms with van der Waals surface area (Å²) in [5, 5.41) is 2.91. The molecular formula is C15H20N2O2S. The molecule has 1 saturated heterocycles. The number of nitrogens with zero attached hydrogens (tertiary/aromatic N) is 1. The maximum atomic E-state index is 12.1. The predicted molar refractivity (Wildman–Crippen MR) is 81.9 cm³/mol. The van der Waals surface area contributed by atoms with Crippen LogP contribution in [0.1, 0.15) is 26.2 Å². The molecule has 1 fully saturated rings. The predicted octanol–water partition coefficient (Wildman–Crippen LogP) is 2.75. The van der Waals surface area contributed by atoms with Crippen LogP contribution in [0.5, 0.6) is 0 Å². The lowest BCUT2D eigenvalue weighted by atomic mass is 10.1. The highest BCUT2D eigenvalue weighted by molar-refractivity contribution is 7.99. The molecule has 2 rings (SSSR count). The van der Waals surface area contributed by atoms with E-state index < -0.39 is 0 Å². The van der Waals surface area contributed by atoms with E-state index in [4.69, 9.17) is 0 Å². The number of anilines is 1. The van der Waals surface area contributed by atoms with Crippen LogP contribution >= 0.6 is 11.8 Å². The van der Waals surface area contributed by atoms with E-state index in [2.05, 4.69) is 12.2 Å². The van der Waals surface area contributed by atoms with Crippen molar-refractivity contribution in [2.75, 3.05) is 24.2 Å². The number of rotatable bonds is 5. The summed E-state index contributed by atoms with van der Waals surface area (Å²) in [5.74, 6) is 0.921. The molecule has 1 heterocycles. The first-order valence-electron chi connectivity index (χ1n) is 7.00. The molecule has 0 spiro atoms. The van der Waals surface area contributed by atoms with Gasteiger partial charge in [-0.15, -0.1) is 11.8 Å². The standard InChI is InChI=1S/C15H20N2O2S/c1-2-20-13-8-4-3-7-12(13)16-14(18)11-17-10-6-5-9-15(17)19/h3-4,7-8H,2,5-6,9-11H2,1H3,(H,16,18). The van der Waals surface area contributed by atoms with E-state index in [9.17, 15) is 9.59 Å². The van der Waals surface area contributed by atoms with Crippen LogP contribution in [0.2, 0.25) is 0 Å². The van der Waals surface area contributed by atoms with Crippen molar-refractivity contribution in [2.24, 2.45) is 0 Å². The summed E-state index contributed by atoms with van der Waals surface area (Å²) >= 11 is 1.70. The van der Waals surface area contributed by atoms with Crippen LogP contribution in [-0.2, 0) is 9.59 Å². The Balaban J connectivity index is 1.95. The lowest BCUT2D eigenvalue weighted by Crippen LogP contribution is -2.40. The van der Waals surface area contributed by atoms with Gasteiger partial charge in [0.2, 0.25) is 11.8 Å². The number of likely N-dealkylation sites (tertiary alicyclic amines) is 1. The number of benzene rings is 1. The van der Waals surface area contributed by atoms with Crippen molar-refractivity contribution in [1.29, 1.82) is 0 Å². The van der Waals surface area contributed by atoms with Crippen molar-refractivity contribution in [1.82, 2.24) is 4.90 Å². The van der Waals surface area contributed by atoms with E-state index >= 15 is 0 Å². The molecule has 0 unspecified atom stereocenters. The number of amides is 2. The Morgan fingerprint density at radius 2 is 2.15 bits per heavy atom. The molecule has 0 saturated carbocycles. The van der Waals surface area contributed by atoms with Crippen LogP contribution < -0.4 is 5.32 Å². The lowest BCUT2D eigenvalue weighted by Gasteiger charge is -2.26. The fourth-order valence-corrected chi connectivity index (χ4v) is 3.00. The van der Waals surface area contributed by atoms with Crippen LogP contribution in [-0.4, -0.2) is 35.6 Å². The van der Waals surface area contributed by atoms with Crippen molar-refractivity contribution in [3.8, 4) is 0 Å². The summed E-state index contributed by atoms with van der Waals surface area (Å²) in [4.78, 5) is 26.5. The lowest BCUT2D eigenvalue weighted by molar-refractivity contribution is -0.136. The number of hydrogen-bond acceptors (Lipinski definition) is 3. The van der Waals surface area contributed by atoms with E-state index in [1.54, 1.807) is 16.7 Å². The van der Waals surface area contributed by atoms with Gasteiger partial charge in [0.25, 0.3) is 0 Å². The number of para-hydroxylation sites is 1. The first-order valence-corrected chi connectivity index (χ1v) is 7.98. The van der Waals surface area contributed by atoms with E-state index in [-0.39, 0.29) is 18.4 Å². The van der Waals surface area contributed by atoms with Gasteiger partial charge < -0.3 is 10.2 Å². The molecule has 4 nitrogen and oxygen atoms in total. The zero-order chi connectivity index (χ0) is 14.4. The van der Waals surface area contributed by atoms with Crippen molar-refractivity contribution < 1.29 is 9.59 Å². The topological polar surface area (TPSA) is 49.4 Å². The third kappa shape index (κ3) is 4.00. The second kappa shape index (κ2) is 7.33. The first-order chi connectivity index (χ1) is 9.70. The maximum absolute atomic E-state index is 12.1. The van der Waals surface area contributed by atoms with Crippen molar-refractivity contribution >= 4 is 29.3 Å². The Morgan fingerprint density at radius 3 is 2.90 bits per heavy atom. The zero-order valence-corrected chi connectivity index (χ0v) is 12.5. The van der Waals surface area contributed by atoms with Crippen molar-refractivity contribution in [3.05, 3.63) is 24.3 Å². The quantitative estimate of drug-likeness (QED) is 0.849. The summed E-state index contributed by atoms with van der Waals surface area (Å²) in [6.45, 7) is 2.93. The van der Waals surface area contributed by atoms with Crippen molar-refractivity contribution in [2.45, 2.75) is 31.1 Å². The summed E-state index contributed by atoms with van der Waals surface area (Å²) < 4.78 is 0. The van der Waals surface area contributed by atoms with E-state index in [0.29, 0.717) is 13.0 Å². The van der Waals surface area contributed by atoms with Gasteiger partial charge in [-0.25, -0.2) is 0 Å². The Bertz CT molecular complexity index is 491. The molecule has 0 bridgehead atoms. The van der Waals surface area contributed by atoms with E-state index in [1.807, 2.05) is 24.3 Å². The van der Waals surface area contributed by atoms with Crippen molar-refractivity contribution in [3.63, 3.8) is 0 Å². The van der Waals surface area contributed by atoms with Gasteiger partial charge in [-0.3, -0.25) is 9.59 Å². The molecule has 0 radical (unpaired) electrons. The summed E-state index contributed by atoms with van der Waals surface area (Å²) in [6, 6.07) is 7.76. The fraction of sp³-hybridized carbons (Fsp3) is 0.467. The molecule has 108 valence electrons. The molecule has 2 amide bonds. The number of carbonyl (C=O) groups is 2. The zero-order valence-electron chi connectivity index (χ0n) is 11.7. The average Bonchev–Trinajstić information content (AvgIpc) is 2.44. The fourth-order valence-electron chi connectivity index (χ4n) is 2.24. The van der Waals surface area contributed by atoms with Gasteiger partial charge in [-0.2, -0.15) is 0 Å². The number of nitrogens with one attached hydrogen (secondary N) is 1. The molecule has 1 aromatic rings. The SMILES string of the molecule is CCSc1ccccc1NC(=O)CN1CCCCC1=O. The Hall–Kier alpha value is -1.49. The van der Waals surface area contributed by atoms with Gasteiger partial charge in [0, 0.05) is 17.9 Å². The molecule has 1 aliphatic rings. The largest absolute Gasteiger partial charge is 0.333 e. The van der Waals surface area contributed by atoms with E-state index in [0.717, 1.165) is 29.2 Å². The smallest absolute Gasteiger partial charge is 0.244 e. The highest BCUT2D eigenvalue weighted by atomic mass is 32.2. The molecule has 0 aromatic heterocycles. The first kappa shape index (κ1) is 14.9. The van der Waals surface area contributed by atoms with Crippen LogP contribution in [0.3, 0.4) is 0 Å². The molecule has 0 atom stereocenters. The molecule has 1 N–H and O–H groups in total. The normalized spacial score (nSPS) is 15.2. The summed E-state index contributed by atoms with van der Waals surface area (Å²) in [5.41, 5.74) is 0.828. The molecular weight excluding hydrogens is 272 g/mol. The minimum atomic E-state index is -0.121. The van der Waals surface area contributed by atoms with Gasteiger partial charge in [0.05, 0.1) is 12.2 Å². The van der Waals surface area contributed by atoms with E-state index in [1.165, 1.54) is 0 Å².